The first-order chi connectivity index (χ1) is 13.1. The van der Waals surface area contributed by atoms with Crippen molar-refractivity contribution < 1.29 is 24.5 Å². The van der Waals surface area contributed by atoms with E-state index >= 15 is 0 Å². The van der Waals surface area contributed by atoms with E-state index in [0.717, 1.165) is 0 Å². The summed E-state index contributed by atoms with van der Waals surface area (Å²) in [6, 6.07) is 3.43. The normalized spacial score (nSPS) is 25.6. The molecule has 0 amide bonds. The van der Waals surface area contributed by atoms with Gasteiger partial charge in [-0.15, -0.1) is 0 Å². The first-order valence-electron chi connectivity index (χ1n) is 8.03. The number of nitrogens with zero attached hydrogens (tertiary/aromatic N) is 5. The van der Waals surface area contributed by atoms with E-state index in [2.05, 4.69) is 25.5 Å². The van der Waals surface area contributed by atoms with E-state index in [1.165, 1.54) is 23.4 Å². The first-order valence-corrected chi connectivity index (χ1v) is 8.03. The Labute approximate surface area is 151 Å². The van der Waals surface area contributed by atoms with Gasteiger partial charge in [-0.2, -0.15) is 5.10 Å². The molecule has 6 N–H and O–H groups in total. The van der Waals surface area contributed by atoms with Gasteiger partial charge in [-0.05, 0) is 12.1 Å². The number of hydrogen-bond acceptors (Lipinski definition) is 11. The summed E-state index contributed by atoms with van der Waals surface area (Å²) >= 11 is 0. The number of ether oxygens (including phenoxy) is 1. The van der Waals surface area contributed by atoms with Gasteiger partial charge in [0.25, 0.3) is 0 Å². The summed E-state index contributed by atoms with van der Waals surface area (Å²) in [6.45, 7) is -0.460. The van der Waals surface area contributed by atoms with Crippen LogP contribution in [0.5, 0.6) is 0 Å². The van der Waals surface area contributed by atoms with Crippen LogP contribution < -0.4 is 11.2 Å². The van der Waals surface area contributed by atoms with E-state index in [9.17, 15) is 15.3 Å². The van der Waals surface area contributed by atoms with Gasteiger partial charge in [-0.3, -0.25) is 4.57 Å². The molecule has 27 heavy (non-hydrogen) atoms. The number of imidazole rings is 1. The van der Waals surface area contributed by atoms with E-state index < -0.39 is 31.1 Å². The number of anilines is 2. The van der Waals surface area contributed by atoms with Crippen LogP contribution in [0.4, 0.5) is 11.8 Å². The number of aromatic nitrogens is 4. The third kappa shape index (κ3) is 3.00. The number of nitrogens with one attached hydrogen (secondary N) is 1. The van der Waals surface area contributed by atoms with Crippen molar-refractivity contribution in [2.24, 2.45) is 5.10 Å². The van der Waals surface area contributed by atoms with Crippen molar-refractivity contribution in [2.45, 2.75) is 24.5 Å². The van der Waals surface area contributed by atoms with Gasteiger partial charge in [-0.1, -0.05) is 0 Å². The smallest absolute Gasteiger partial charge is 0.228 e. The monoisotopic (exact) mass is 375 g/mol. The molecule has 12 heteroatoms. The van der Waals surface area contributed by atoms with Gasteiger partial charge in [-0.25, -0.2) is 20.4 Å². The van der Waals surface area contributed by atoms with E-state index in [0.29, 0.717) is 5.76 Å². The molecule has 12 nitrogen and oxygen atoms in total. The number of hydrazone groups is 1. The molecule has 3 aromatic heterocycles. The lowest BCUT2D eigenvalue weighted by Crippen LogP contribution is -2.33. The predicted molar refractivity (Wildman–Crippen MR) is 92.7 cm³/mol. The SMILES string of the molecule is Nc1ncnc2c1nc(NN=Cc1ccco1)n2[C@@H]1O[C@H](CO)[C@@H](O)[C@H]1O. The molecule has 1 saturated heterocycles. The topological polar surface area (TPSA) is 177 Å². The van der Waals surface area contributed by atoms with Gasteiger partial charge >= 0.3 is 0 Å². The van der Waals surface area contributed by atoms with Crippen LogP contribution in [-0.2, 0) is 4.74 Å². The highest BCUT2D eigenvalue weighted by Crippen LogP contribution is 2.35. The Morgan fingerprint density at radius 3 is 2.89 bits per heavy atom. The molecular formula is C15H17N7O5. The third-order valence-corrected chi connectivity index (χ3v) is 4.18. The minimum absolute atomic E-state index is 0.128. The summed E-state index contributed by atoms with van der Waals surface area (Å²) in [7, 11) is 0. The molecule has 0 aromatic carbocycles. The highest BCUT2D eigenvalue weighted by atomic mass is 16.6. The fourth-order valence-electron chi connectivity index (χ4n) is 2.86. The van der Waals surface area contributed by atoms with E-state index in [1.807, 2.05) is 0 Å². The zero-order valence-electron chi connectivity index (χ0n) is 13.9. The number of hydrogen-bond donors (Lipinski definition) is 5. The zero-order chi connectivity index (χ0) is 19.0. The Bertz CT molecular complexity index is 957. The van der Waals surface area contributed by atoms with E-state index in [-0.39, 0.29) is 22.9 Å². The minimum Gasteiger partial charge on any atom is -0.463 e. The maximum Gasteiger partial charge on any atom is 0.228 e. The van der Waals surface area contributed by atoms with Crippen LogP contribution in [0.15, 0.2) is 34.2 Å². The summed E-state index contributed by atoms with van der Waals surface area (Å²) in [5.74, 6) is 0.788. The Kier molecular flexibility index (Phi) is 4.45. The number of nitrogens with two attached hydrogens (primary N) is 1. The van der Waals surface area contributed by atoms with Crippen molar-refractivity contribution in [1.29, 1.82) is 0 Å². The first kappa shape index (κ1) is 17.4. The summed E-state index contributed by atoms with van der Waals surface area (Å²) in [5, 5.41) is 33.8. The van der Waals surface area contributed by atoms with Crippen LogP contribution in [0.3, 0.4) is 0 Å². The van der Waals surface area contributed by atoms with Crippen LogP contribution in [0.1, 0.15) is 12.0 Å². The van der Waals surface area contributed by atoms with Gasteiger partial charge in [0.15, 0.2) is 23.2 Å². The van der Waals surface area contributed by atoms with Gasteiger partial charge in [0.05, 0.1) is 19.1 Å². The number of aliphatic hydroxyl groups excluding tert-OH is 3. The third-order valence-electron chi connectivity index (χ3n) is 4.18. The summed E-state index contributed by atoms with van der Waals surface area (Å²) in [6.07, 6.45) is -0.463. The molecule has 0 radical (unpaired) electrons. The molecule has 4 atom stereocenters. The molecule has 1 fully saturated rings. The van der Waals surface area contributed by atoms with E-state index in [4.69, 9.17) is 14.9 Å². The highest BCUT2D eigenvalue weighted by molar-refractivity contribution is 5.84. The Hall–Kier alpha value is -3.06. The molecule has 4 heterocycles. The van der Waals surface area contributed by atoms with E-state index in [1.54, 1.807) is 12.1 Å². The van der Waals surface area contributed by atoms with Crippen molar-refractivity contribution in [3.8, 4) is 0 Å². The lowest BCUT2D eigenvalue weighted by Gasteiger charge is -2.18. The Balaban J connectivity index is 1.74. The molecular weight excluding hydrogens is 358 g/mol. The summed E-state index contributed by atoms with van der Waals surface area (Å²) in [5.41, 5.74) is 9.11. The standard InChI is InChI=1S/C15H17N7O5/c16-12-9-13(18-6-17-12)22(14-11(25)10(24)8(5-23)27-14)15(20-9)21-19-4-7-2-1-3-26-7/h1-4,6,8,10-11,14,23-25H,5H2,(H,20,21)(H2,16,17,18)/t8-,10-,11-,14-/m1/s1. The zero-order valence-corrected chi connectivity index (χ0v) is 13.9. The largest absolute Gasteiger partial charge is 0.463 e. The lowest BCUT2D eigenvalue weighted by molar-refractivity contribution is -0.0501. The Morgan fingerprint density at radius 1 is 1.33 bits per heavy atom. The fraction of sp³-hybridized carbons (Fsp3) is 0.333. The maximum atomic E-state index is 10.4. The molecule has 1 aliphatic heterocycles. The second-order valence-corrected chi connectivity index (χ2v) is 5.85. The predicted octanol–water partition coefficient (Wildman–Crippen LogP) is -0.941. The molecule has 4 rings (SSSR count). The van der Waals surface area contributed by atoms with Crippen molar-refractivity contribution in [2.75, 3.05) is 17.8 Å². The molecule has 0 bridgehead atoms. The minimum atomic E-state index is -1.33. The second kappa shape index (κ2) is 6.92. The van der Waals surface area contributed by atoms with Crippen LogP contribution in [0.2, 0.25) is 0 Å². The summed E-state index contributed by atoms with van der Waals surface area (Å²) < 4.78 is 12.1. The van der Waals surface area contributed by atoms with Crippen LogP contribution in [0.25, 0.3) is 11.2 Å². The number of furan rings is 1. The van der Waals surface area contributed by atoms with Gasteiger partial charge < -0.3 is 30.2 Å². The van der Waals surface area contributed by atoms with Crippen LogP contribution in [-0.4, -0.2) is 66.0 Å². The van der Waals surface area contributed by atoms with Gasteiger partial charge in [0, 0.05) is 0 Å². The molecule has 142 valence electrons. The number of aliphatic hydroxyl groups is 3. The van der Waals surface area contributed by atoms with Gasteiger partial charge in [0.2, 0.25) is 5.95 Å². The van der Waals surface area contributed by atoms with Crippen molar-refractivity contribution >= 4 is 29.1 Å². The molecule has 3 aromatic rings. The number of fused-ring (bicyclic) bond motifs is 1. The Morgan fingerprint density at radius 2 is 2.19 bits per heavy atom. The molecule has 0 aliphatic carbocycles. The lowest BCUT2D eigenvalue weighted by atomic mass is 10.1. The quantitative estimate of drug-likeness (QED) is 0.276. The molecule has 0 unspecified atom stereocenters. The maximum absolute atomic E-state index is 10.4. The van der Waals surface area contributed by atoms with Crippen molar-refractivity contribution in [3.05, 3.63) is 30.5 Å². The number of nitrogen functional groups attached to an aromatic ring is 1. The van der Waals surface area contributed by atoms with Crippen LogP contribution >= 0.6 is 0 Å². The average Bonchev–Trinajstić information content (AvgIpc) is 3.36. The van der Waals surface area contributed by atoms with Gasteiger partial charge in [0.1, 0.15) is 30.4 Å². The van der Waals surface area contributed by atoms with Crippen molar-refractivity contribution in [3.63, 3.8) is 0 Å². The van der Waals surface area contributed by atoms with Crippen molar-refractivity contribution in [1.82, 2.24) is 19.5 Å². The molecule has 0 spiro atoms. The average molecular weight is 375 g/mol. The fourth-order valence-corrected chi connectivity index (χ4v) is 2.86. The van der Waals surface area contributed by atoms with Crippen LogP contribution in [0, 0.1) is 0 Å². The summed E-state index contributed by atoms with van der Waals surface area (Å²) in [4.78, 5) is 12.3. The second-order valence-electron chi connectivity index (χ2n) is 5.85. The molecule has 0 saturated carbocycles. The number of rotatable bonds is 5. The molecule has 1 aliphatic rings. The highest BCUT2D eigenvalue weighted by Gasteiger charge is 2.45.